The summed E-state index contributed by atoms with van der Waals surface area (Å²) in [4.78, 5) is 30.4. The van der Waals surface area contributed by atoms with Gasteiger partial charge in [0, 0.05) is 67.3 Å². The Morgan fingerprint density at radius 2 is 2.00 bits per heavy atom. The van der Waals surface area contributed by atoms with Crippen molar-refractivity contribution in [2.45, 2.75) is 6.42 Å². The molecule has 0 radical (unpaired) electrons. The smallest absolute Gasteiger partial charge is 0.269 e. The Morgan fingerprint density at radius 1 is 1.14 bits per heavy atom. The molecule has 178 valence electrons. The molecule has 0 bridgehead atoms. The molecule has 3 N–H and O–H groups in total. The van der Waals surface area contributed by atoms with E-state index in [9.17, 15) is 4.79 Å². The second kappa shape index (κ2) is 9.46. The van der Waals surface area contributed by atoms with Crippen LogP contribution in [0.1, 0.15) is 16.9 Å². The average Bonchev–Trinajstić information content (AvgIpc) is 3.48. The number of rotatable bonds is 7. The van der Waals surface area contributed by atoms with Gasteiger partial charge < -0.3 is 25.3 Å². The van der Waals surface area contributed by atoms with Crippen molar-refractivity contribution in [3.05, 3.63) is 72.8 Å². The van der Waals surface area contributed by atoms with Crippen molar-refractivity contribution in [3.63, 3.8) is 0 Å². The van der Waals surface area contributed by atoms with Gasteiger partial charge in [-0.25, -0.2) is 9.97 Å². The Labute approximate surface area is 203 Å². The van der Waals surface area contributed by atoms with Gasteiger partial charge in [-0.05, 0) is 42.8 Å². The SMILES string of the molecule is C=C1CC(COc2ccnc(-c3ccnc(Nc4ccc5[nH]c(C(=O)N(C)C)cc5c4)n3)c2)CN1. The summed E-state index contributed by atoms with van der Waals surface area (Å²) in [5, 5.41) is 7.42. The third-order valence-corrected chi connectivity index (χ3v) is 5.82. The van der Waals surface area contributed by atoms with Gasteiger partial charge in [0.1, 0.15) is 11.4 Å². The van der Waals surface area contributed by atoms with Crippen molar-refractivity contribution in [3.8, 4) is 17.1 Å². The molecule has 0 saturated carbocycles. The Balaban J connectivity index is 1.30. The molecule has 1 fully saturated rings. The number of amides is 1. The van der Waals surface area contributed by atoms with Crippen LogP contribution in [-0.4, -0.2) is 58.0 Å². The van der Waals surface area contributed by atoms with E-state index in [-0.39, 0.29) is 5.91 Å². The molecule has 1 aliphatic rings. The van der Waals surface area contributed by atoms with Crippen LogP contribution in [0.3, 0.4) is 0 Å². The van der Waals surface area contributed by atoms with Gasteiger partial charge in [-0.15, -0.1) is 0 Å². The minimum absolute atomic E-state index is 0.0733. The van der Waals surface area contributed by atoms with E-state index in [0.717, 1.165) is 41.0 Å². The van der Waals surface area contributed by atoms with E-state index in [2.05, 4.69) is 37.1 Å². The molecule has 5 rings (SSSR count). The van der Waals surface area contributed by atoms with Crippen LogP contribution in [0.15, 0.2) is 67.1 Å². The zero-order valence-corrected chi connectivity index (χ0v) is 19.7. The van der Waals surface area contributed by atoms with Crippen molar-refractivity contribution in [1.29, 1.82) is 0 Å². The molecule has 1 aliphatic heterocycles. The topological polar surface area (TPSA) is 108 Å². The van der Waals surface area contributed by atoms with E-state index in [0.29, 0.717) is 35.6 Å². The normalized spacial score (nSPS) is 15.1. The Morgan fingerprint density at radius 3 is 2.80 bits per heavy atom. The zero-order valence-electron chi connectivity index (χ0n) is 19.7. The maximum absolute atomic E-state index is 12.2. The number of benzene rings is 1. The fourth-order valence-corrected chi connectivity index (χ4v) is 4.01. The number of anilines is 2. The Kier molecular flexibility index (Phi) is 6.05. The molecule has 1 atom stereocenters. The standard InChI is InChI=1S/C26H27N7O2/c1-16-10-17(14-29-16)15-35-20-6-8-27-23(13-20)22-7-9-28-26(32-22)30-19-4-5-21-18(11-19)12-24(31-21)25(34)33(2)3/h4-9,11-13,17,29,31H,1,10,14-15H2,2-3H3,(H,28,30,32). The van der Waals surface area contributed by atoms with Crippen LogP contribution in [0.4, 0.5) is 11.6 Å². The Bertz CT molecular complexity index is 1400. The minimum atomic E-state index is -0.0733. The second-order valence-corrected chi connectivity index (χ2v) is 8.82. The summed E-state index contributed by atoms with van der Waals surface area (Å²) in [6, 6.07) is 13.2. The molecule has 35 heavy (non-hydrogen) atoms. The van der Waals surface area contributed by atoms with Crippen molar-refractivity contribution in [2.24, 2.45) is 5.92 Å². The highest BCUT2D eigenvalue weighted by atomic mass is 16.5. The largest absolute Gasteiger partial charge is 0.493 e. The minimum Gasteiger partial charge on any atom is -0.493 e. The number of ether oxygens (including phenoxy) is 1. The van der Waals surface area contributed by atoms with Crippen LogP contribution >= 0.6 is 0 Å². The van der Waals surface area contributed by atoms with E-state index in [1.165, 1.54) is 0 Å². The number of nitrogens with zero attached hydrogens (tertiary/aromatic N) is 4. The summed E-state index contributed by atoms with van der Waals surface area (Å²) >= 11 is 0. The number of allylic oxidation sites excluding steroid dienone is 1. The van der Waals surface area contributed by atoms with E-state index in [1.807, 2.05) is 42.5 Å². The second-order valence-electron chi connectivity index (χ2n) is 8.82. The van der Waals surface area contributed by atoms with Crippen molar-refractivity contribution >= 4 is 28.4 Å². The summed E-state index contributed by atoms with van der Waals surface area (Å²) in [5.41, 5.74) is 4.69. The summed E-state index contributed by atoms with van der Waals surface area (Å²) in [6.07, 6.45) is 4.34. The molecular weight excluding hydrogens is 442 g/mol. The zero-order chi connectivity index (χ0) is 24.4. The number of hydrogen-bond acceptors (Lipinski definition) is 7. The van der Waals surface area contributed by atoms with E-state index in [4.69, 9.17) is 4.74 Å². The van der Waals surface area contributed by atoms with Gasteiger partial charge in [-0.1, -0.05) is 6.58 Å². The fraction of sp³-hybridized carbons (Fsp3) is 0.231. The quantitative estimate of drug-likeness (QED) is 0.376. The summed E-state index contributed by atoms with van der Waals surface area (Å²) in [7, 11) is 3.46. The maximum atomic E-state index is 12.2. The van der Waals surface area contributed by atoms with Gasteiger partial charge in [0.15, 0.2) is 0 Å². The number of carbonyl (C=O) groups is 1. The van der Waals surface area contributed by atoms with Gasteiger partial charge >= 0.3 is 0 Å². The van der Waals surface area contributed by atoms with Crippen LogP contribution in [0.5, 0.6) is 5.75 Å². The summed E-state index contributed by atoms with van der Waals surface area (Å²) in [5.74, 6) is 1.55. The summed E-state index contributed by atoms with van der Waals surface area (Å²) < 4.78 is 5.99. The van der Waals surface area contributed by atoms with E-state index < -0.39 is 0 Å². The molecular formula is C26H27N7O2. The molecule has 4 heterocycles. The lowest BCUT2D eigenvalue weighted by atomic mass is 10.1. The predicted molar refractivity (Wildman–Crippen MR) is 136 cm³/mol. The van der Waals surface area contributed by atoms with E-state index in [1.54, 1.807) is 31.4 Å². The van der Waals surface area contributed by atoms with Crippen LogP contribution < -0.4 is 15.4 Å². The lowest BCUT2D eigenvalue weighted by Gasteiger charge is -2.11. The number of H-pyrrole nitrogens is 1. The number of aromatic nitrogens is 4. The molecule has 9 heteroatoms. The first kappa shape index (κ1) is 22.4. The molecule has 1 amide bonds. The molecule has 4 aromatic rings. The van der Waals surface area contributed by atoms with Gasteiger partial charge in [-0.2, -0.15) is 0 Å². The third-order valence-electron chi connectivity index (χ3n) is 5.82. The van der Waals surface area contributed by atoms with Crippen LogP contribution in [0.25, 0.3) is 22.3 Å². The van der Waals surface area contributed by atoms with Crippen molar-refractivity contribution < 1.29 is 9.53 Å². The first-order valence-corrected chi connectivity index (χ1v) is 11.4. The highest BCUT2D eigenvalue weighted by Crippen LogP contribution is 2.25. The first-order chi connectivity index (χ1) is 16.9. The molecule has 1 unspecified atom stereocenters. The fourth-order valence-electron chi connectivity index (χ4n) is 4.01. The van der Waals surface area contributed by atoms with Gasteiger partial charge in [0.2, 0.25) is 5.95 Å². The number of fused-ring (bicyclic) bond motifs is 1. The highest BCUT2D eigenvalue weighted by Gasteiger charge is 2.18. The summed E-state index contributed by atoms with van der Waals surface area (Å²) in [6.45, 7) is 5.48. The first-order valence-electron chi connectivity index (χ1n) is 11.4. The third kappa shape index (κ3) is 5.08. The van der Waals surface area contributed by atoms with Crippen LogP contribution in [0, 0.1) is 5.92 Å². The maximum Gasteiger partial charge on any atom is 0.269 e. The van der Waals surface area contributed by atoms with Crippen LogP contribution in [0.2, 0.25) is 0 Å². The van der Waals surface area contributed by atoms with Crippen molar-refractivity contribution in [2.75, 3.05) is 32.6 Å². The van der Waals surface area contributed by atoms with Gasteiger partial charge in [-0.3, -0.25) is 9.78 Å². The number of pyridine rings is 1. The number of nitrogens with one attached hydrogen (secondary N) is 3. The average molecular weight is 470 g/mol. The predicted octanol–water partition coefficient (Wildman–Crippen LogP) is 3.97. The molecule has 1 aromatic carbocycles. The van der Waals surface area contributed by atoms with Crippen LogP contribution in [-0.2, 0) is 0 Å². The molecule has 0 spiro atoms. The van der Waals surface area contributed by atoms with Gasteiger partial charge in [0.25, 0.3) is 5.91 Å². The highest BCUT2D eigenvalue weighted by molar-refractivity contribution is 5.98. The lowest BCUT2D eigenvalue weighted by molar-refractivity contribution is 0.0823. The molecule has 9 nitrogen and oxygen atoms in total. The molecule has 0 aliphatic carbocycles. The van der Waals surface area contributed by atoms with Crippen molar-refractivity contribution in [1.82, 2.24) is 30.2 Å². The number of carbonyl (C=O) groups excluding carboxylic acids is 1. The monoisotopic (exact) mass is 469 g/mol. The lowest BCUT2D eigenvalue weighted by Crippen LogP contribution is -2.21. The van der Waals surface area contributed by atoms with E-state index >= 15 is 0 Å². The number of aromatic amines is 1. The molecule has 1 saturated heterocycles. The van der Waals surface area contributed by atoms with Gasteiger partial charge in [0.05, 0.1) is 18.0 Å². The Hall–Kier alpha value is -4.40. The number of hydrogen-bond donors (Lipinski definition) is 3. The molecule has 3 aromatic heterocycles.